The van der Waals surface area contributed by atoms with Crippen molar-refractivity contribution in [2.24, 2.45) is 0 Å². The molecule has 2 rings (SSSR count). The molecule has 0 radical (unpaired) electrons. The summed E-state index contributed by atoms with van der Waals surface area (Å²) in [6, 6.07) is 1.86. The summed E-state index contributed by atoms with van der Waals surface area (Å²) in [6.07, 6.45) is 0. The Balaban J connectivity index is 2.34. The van der Waals surface area contributed by atoms with Crippen molar-refractivity contribution >= 4 is 5.82 Å². The van der Waals surface area contributed by atoms with E-state index in [9.17, 15) is 0 Å². The number of nitrogen functional groups attached to an aromatic ring is 1. The maximum atomic E-state index is 5.59. The van der Waals surface area contributed by atoms with Crippen molar-refractivity contribution in [3.05, 3.63) is 11.8 Å². The van der Waals surface area contributed by atoms with Gasteiger partial charge in [-0.15, -0.1) is 0 Å². The van der Waals surface area contributed by atoms with E-state index < -0.39 is 0 Å². The van der Waals surface area contributed by atoms with Gasteiger partial charge in [-0.3, -0.25) is 4.68 Å². The molecule has 0 aliphatic carbocycles. The Morgan fingerprint density at radius 1 is 1.67 bits per heavy atom. The van der Waals surface area contributed by atoms with Crippen molar-refractivity contribution in [2.75, 3.05) is 5.73 Å². The maximum Gasteiger partial charge on any atom is 0.145 e. The highest BCUT2D eigenvalue weighted by molar-refractivity contribution is 5.29. The highest BCUT2D eigenvalue weighted by Crippen LogP contribution is 2.22. The molecule has 1 aliphatic heterocycles. The lowest BCUT2D eigenvalue weighted by Gasteiger charge is -2.30. The van der Waals surface area contributed by atoms with Crippen LogP contribution < -0.4 is 5.73 Å². The zero-order valence-electron chi connectivity index (χ0n) is 7.37. The van der Waals surface area contributed by atoms with Gasteiger partial charge in [-0.1, -0.05) is 0 Å². The van der Waals surface area contributed by atoms with Crippen LogP contribution in [0.3, 0.4) is 0 Å². The molecule has 0 bridgehead atoms. The number of nitrogens with zero attached hydrogens (tertiary/aromatic N) is 2. The number of anilines is 1. The molecule has 0 saturated heterocycles. The molecule has 0 fully saturated rings. The van der Waals surface area contributed by atoms with Gasteiger partial charge in [0.1, 0.15) is 5.82 Å². The predicted octanol–water partition coefficient (Wildman–Crippen LogP) is 0.774. The summed E-state index contributed by atoms with van der Waals surface area (Å²) in [7, 11) is 0. The summed E-state index contributed by atoms with van der Waals surface area (Å²) in [4.78, 5) is 0. The number of ether oxygens (including phenoxy) is 1. The second kappa shape index (κ2) is 2.23. The van der Waals surface area contributed by atoms with Gasteiger partial charge in [-0.05, 0) is 13.8 Å². The molecule has 0 aromatic carbocycles. The standard InChI is InChI=1S/C8H13N3O/c1-8(2)5-11-6(4-12-8)3-7(9)10-11/h3H,4-5H2,1-2H3,(H2,9,10). The molecule has 2 N–H and O–H groups in total. The van der Waals surface area contributed by atoms with Crippen LogP contribution in [0.15, 0.2) is 6.07 Å². The van der Waals surface area contributed by atoms with Crippen molar-refractivity contribution in [2.45, 2.75) is 32.6 Å². The van der Waals surface area contributed by atoms with Gasteiger partial charge >= 0.3 is 0 Å². The molecule has 0 atom stereocenters. The number of hydrogen-bond acceptors (Lipinski definition) is 3. The first-order valence-electron chi connectivity index (χ1n) is 4.03. The Morgan fingerprint density at radius 3 is 3.17 bits per heavy atom. The lowest BCUT2D eigenvalue weighted by atomic mass is 10.1. The largest absolute Gasteiger partial charge is 0.382 e. The van der Waals surface area contributed by atoms with Gasteiger partial charge in [-0.25, -0.2) is 0 Å². The molecule has 0 unspecified atom stereocenters. The molecular weight excluding hydrogens is 154 g/mol. The zero-order chi connectivity index (χ0) is 8.77. The molecule has 1 aromatic rings. The minimum atomic E-state index is -0.120. The average molecular weight is 167 g/mol. The van der Waals surface area contributed by atoms with E-state index in [1.807, 2.05) is 24.6 Å². The summed E-state index contributed by atoms with van der Waals surface area (Å²) in [5.74, 6) is 0.575. The minimum Gasteiger partial charge on any atom is -0.382 e. The van der Waals surface area contributed by atoms with Crippen molar-refractivity contribution in [1.82, 2.24) is 9.78 Å². The highest BCUT2D eigenvalue weighted by Gasteiger charge is 2.26. The van der Waals surface area contributed by atoms with Gasteiger partial charge in [0.25, 0.3) is 0 Å². The molecular formula is C8H13N3O. The van der Waals surface area contributed by atoms with Gasteiger partial charge < -0.3 is 10.5 Å². The third kappa shape index (κ3) is 1.18. The van der Waals surface area contributed by atoms with Crippen molar-refractivity contribution in [1.29, 1.82) is 0 Å². The lowest BCUT2D eigenvalue weighted by molar-refractivity contribution is -0.0660. The van der Waals surface area contributed by atoms with Crippen LogP contribution in [-0.2, 0) is 17.9 Å². The van der Waals surface area contributed by atoms with Gasteiger partial charge in [-0.2, -0.15) is 5.10 Å². The van der Waals surface area contributed by atoms with Crippen LogP contribution in [0, 0.1) is 0 Å². The third-order valence-electron chi connectivity index (χ3n) is 2.02. The van der Waals surface area contributed by atoms with Crippen LogP contribution >= 0.6 is 0 Å². The quantitative estimate of drug-likeness (QED) is 0.621. The molecule has 4 nitrogen and oxygen atoms in total. The van der Waals surface area contributed by atoms with Crippen LogP contribution in [0.4, 0.5) is 5.82 Å². The number of fused-ring (bicyclic) bond motifs is 1. The van der Waals surface area contributed by atoms with E-state index in [0.717, 1.165) is 12.2 Å². The van der Waals surface area contributed by atoms with Gasteiger partial charge in [0.05, 0.1) is 24.4 Å². The first-order chi connectivity index (χ1) is 5.57. The Morgan fingerprint density at radius 2 is 2.42 bits per heavy atom. The summed E-state index contributed by atoms with van der Waals surface area (Å²) >= 11 is 0. The maximum absolute atomic E-state index is 5.59. The Labute approximate surface area is 71.3 Å². The van der Waals surface area contributed by atoms with E-state index >= 15 is 0 Å². The van der Waals surface area contributed by atoms with Gasteiger partial charge in [0, 0.05) is 6.07 Å². The monoisotopic (exact) mass is 167 g/mol. The first kappa shape index (κ1) is 7.61. The highest BCUT2D eigenvalue weighted by atomic mass is 16.5. The van der Waals surface area contributed by atoms with E-state index in [1.165, 1.54) is 0 Å². The fourth-order valence-corrected chi connectivity index (χ4v) is 1.41. The molecule has 2 heterocycles. The number of hydrogen-bond donors (Lipinski definition) is 1. The van der Waals surface area contributed by atoms with Crippen LogP contribution in [0.2, 0.25) is 0 Å². The van der Waals surface area contributed by atoms with Gasteiger partial charge in [0.2, 0.25) is 0 Å². The Kier molecular flexibility index (Phi) is 1.41. The number of nitrogens with two attached hydrogens (primary N) is 1. The van der Waals surface area contributed by atoms with E-state index in [0.29, 0.717) is 12.4 Å². The summed E-state index contributed by atoms with van der Waals surface area (Å²) in [5, 5.41) is 4.16. The Hall–Kier alpha value is -1.03. The van der Waals surface area contributed by atoms with Crippen LogP contribution in [0.1, 0.15) is 19.5 Å². The van der Waals surface area contributed by atoms with Crippen LogP contribution in [0.25, 0.3) is 0 Å². The smallest absolute Gasteiger partial charge is 0.145 e. The third-order valence-corrected chi connectivity index (χ3v) is 2.02. The molecule has 66 valence electrons. The van der Waals surface area contributed by atoms with E-state index in [-0.39, 0.29) is 5.60 Å². The van der Waals surface area contributed by atoms with E-state index in [1.54, 1.807) is 0 Å². The summed E-state index contributed by atoms with van der Waals surface area (Å²) < 4.78 is 7.50. The van der Waals surface area contributed by atoms with Crippen LogP contribution in [-0.4, -0.2) is 15.4 Å². The lowest BCUT2D eigenvalue weighted by Crippen LogP contribution is -2.36. The van der Waals surface area contributed by atoms with E-state index in [2.05, 4.69) is 5.10 Å². The SMILES string of the molecule is CC1(C)Cn2nc(N)cc2CO1. The van der Waals surface area contributed by atoms with Crippen molar-refractivity contribution < 1.29 is 4.74 Å². The van der Waals surface area contributed by atoms with Crippen LogP contribution in [0.5, 0.6) is 0 Å². The average Bonchev–Trinajstić information content (AvgIpc) is 2.26. The summed E-state index contributed by atoms with van der Waals surface area (Å²) in [5.41, 5.74) is 6.50. The predicted molar refractivity (Wildman–Crippen MR) is 45.5 cm³/mol. The zero-order valence-corrected chi connectivity index (χ0v) is 7.37. The fraction of sp³-hybridized carbons (Fsp3) is 0.625. The van der Waals surface area contributed by atoms with Crippen molar-refractivity contribution in [3.63, 3.8) is 0 Å². The minimum absolute atomic E-state index is 0.120. The van der Waals surface area contributed by atoms with Crippen molar-refractivity contribution in [3.8, 4) is 0 Å². The Bertz CT molecular complexity index is 303. The fourth-order valence-electron chi connectivity index (χ4n) is 1.41. The van der Waals surface area contributed by atoms with E-state index in [4.69, 9.17) is 10.5 Å². The molecule has 0 spiro atoms. The number of aromatic nitrogens is 2. The molecule has 4 heteroatoms. The molecule has 1 aliphatic rings. The van der Waals surface area contributed by atoms with Gasteiger partial charge in [0.15, 0.2) is 0 Å². The summed E-state index contributed by atoms with van der Waals surface area (Å²) in [6.45, 7) is 5.48. The molecule has 1 aromatic heterocycles. The second-order valence-electron chi connectivity index (χ2n) is 3.77. The number of rotatable bonds is 0. The molecule has 0 saturated carbocycles. The second-order valence-corrected chi connectivity index (χ2v) is 3.77. The first-order valence-corrected chi connectivity index (χ1v) is 4.03. The molecule has 12 heavy (non-hydrogen) atoms. The topological polar surface area (TPSA) is 53.1 Å². The molecule has 0 amide bonds. The normalized spacial score (nSPS) is 20.5.